The van der Waals surface area contributed by atoms with Gasteiger partial charge in [0, 0.05) is 41.6 Å². The Morgan fingerprint density at radius 3 is 2.35 bits per heavy atom. The molecule has 0 saturated carbocycles. The lowest BCUT2D eigenvalue weighted by Gasteiger charge is -2.11. The molecule has 0 spiro atoms. The Kier molecular flexibility index (Phi) is 4.52. The number of nitrogens with one attached hydrogen (secondary N) is 1. The first-order valence-corrected chi connectivity index (χ1v) is 8.20. The summed E-state index contributed by atoms with van der Waals surface area (Å²) in [7, 11) is 0. The molecule has 4 aromatic rings. The van der Waals surface area contributed by atoms with Crippen LogP contribution in [0, 0.1) is 0 Å². The Morgan fingerprint density at radius 1 is 0.731 bits per heavy atom. The summed E-state index contributed by atoms with van der Waals surface area (Å²) in [6, 6.07) is 21.1. The molecular formula is C21H16N4O. The summed E-state index contributed by atoms with van der Waals surface area (Å²) in [5, 5.41) is 3.24. The predicted octanol–water partition coefficient (Wildman–Crippen LogP) is 5.07. The van der Waals surface area contributed by atoms with Crippen molar-refractivity contribution in [3.8, 4) is 22.8 Å². The first-order valence-electron chi connectivity index (χ1n) is 8.20. The molecule has 3 heterocycles. The molecule has 5 heteroatoms. The van der Waals surface area contributed by atoms with Crippen LogP contribution in [-0.2, 0) is 0 Å². The van der Waals surface area contributed by atoms with Gasteiger partial charge in [0.05, 0.1) is 0 Å². The fourth-order valence-corrected chi connectivity index (χ4v) is 2.52. The van der Waals surface area contributed by atoms with Crippen LogP contribution < -0.4 is 10.1 Å². The molecule has 0 amide bonds. The number of hydrogen-bond donors (Lipinski definition) is 1. The molecule has 26 heavy (non-hydrogen) atoms. The Bertz CT molecular complexity index is 974. The third kappa shape index (κ3) is 3.67. The fourth-order valence-electron chi connectivity index (χ4n) is 2.52. The molecule has 3 aromatic heterocycles. The second-order valence-electron chi connectivity index (χ2n) is 5.56. The zero-order chi connectivity index (χ0) is 17.6. The average Bonchev–Trinajstić information content (AvgIpc) is 2.71. The smallest absolute Gasteiger partial charge is 0.227 e. The zero-order valence-electron chi connectivity index (χ0n) is 13.9. The van der Waals surface area contributed by atoms with E-state index in [1.54, 1.807) is 24.8 Å². The summed E-state index contributed by atoms with van der Waals surface area (Å²) in [5.41, 5.74) is 2.80. The van der Waals surface area contributed by atoms with Crippen LogP contribution in [0.15, 0.2) is 91.5 Å². The Labute approximate surface area is 151 Å². The van der Waals surface area contributed by atoms with Gasteiger partial charge in [-0.15, -0.1) is 0 Å². The SMILES string of the molecule is c1ccc(Nc2ccc(Oc3ncccc3-c3cccnc3)cc2)nc1. The molecule has 0 unspecified atom stereocenters. The van der Waals surface area contributed by atoms with E-state index >= 15 is 0 Å². The van der Waals surface area contributed by atoms with Crippen molar-refractivity contribution in [2.45, 2.75) is 0 Å². The van der Waals surface area contributed by atoms with Gasteiger partial charge in [-0.3, -0.25) is 4.98 Å². The highest BCUT2D eigenvalue weighted by molar-refractivity contribution is 5.68. The van der Waals surface area contributed by atoms with Crippen molar-refractivity contribution in [3.63, 3.8) is 0 Å². The van der Waals surface area contributed by atoms with Gasteiger partial charge in [0.2, 0.25) is 5.88 Å². The highest BCUT2D eigenvalue weighted by Gasteiger charge is 2.08. The van der Waals surface area contributed by atoms with Crippen molar-refractivity contribution in [2.75, 3.05) is 5.32 Å². The fraction of sp³-hybridized carbons (Fsp3) is 0. The predicted molar refractivity (Wildman–Crippen MR) is 102 cm³/mol. The highest BCUT2D eigenvalue weighted by Crippen LogP contribution is 2.31. The van der Waals surface area contributed by atoms with Crippen molar-refractivity contribution in [3.05, 3.63) is 91.5 Å². The summed E-state index contributed by atoms with van der Waals surface area (Å²) >= 11 is 0. The van der Waals surface area contributed by atoms with Crippen LogP contribution in [0.25, 0.3) is 11.1 Å². The summed E-state index contributed by atoms with van der Waals surface area (Å²) in [5.74, 6) is 2.05. The number of ether oxygens (including phenoxy) is 1. The molecule has 0 radical (unpaired) electrons. The van der Waals surface area contributed by atoms with Crippen LogP contribution in [0.5, 0.6) is 11.6 Å². The monoisotopic (exact) mass is 340 g/mol. The van der Waals surface area contributed by atoms with Crippen molar-refractivity contribution in [1.82, 2.24) is 15.0 Å². The number of anilines is 2. The average molecular weight is 340 g/mol. The number of rotatable bonds is 5. The quantitative estimate of drug-likeness (QED) is 0.549. The van der Waals surface area contributed by atoms with Crippen LogP contribution in [0.4, 0.5) is 11.5 Å². The van der Waals surface area contributed by atoms with Gasteiger partial charge in [-0.1, -0.05) is 12.1 Å². The molecule has 5 nitrogen and oxygen atoms in total. The minimum atomic E-state index is 0.547. The third-order valence-corrected chi connectivity index (χ3v) is 3.75. The maximum absolute atomic E-state index is 5.99. The minimum absolute atomic E-state index is 0.547. The largest absolute Gasteiger partial charge is 0.438 e. The molecule has 0 aliphatic heterocycles. The lowest BCUT2D eigenvalue weighted by molar-refractivity contribution is 0.465. The highest BCUT2D eigenvalue weighted by atomic mass is 16.5. The van der Waals surface area contributed by atoms with E-state index in [1.165, 1.54) is 0 Å². The zero-order valence-corrected chi connectivity index (χ0v) is 13.9. The number of benzene rings is 1. The summed E-state index contributed by atoms with van der Waals surface area (Å²) in [6.07, 6.45) is 7.00. The first-order chi connectivity index (χ1) is 12.9. The molecule has 4 rings (SSSR count). The van der Waals surface area contributed by atoms with Crippen LogP contribution in [0.1, 0.15) is 0 Å². The summed E-state index contributed by atoms with van der Waals surface area (Å²) in [6.45, 7) is 0. The Hall–Kier alpha value is -3.73. The topological polar surface area (TPSA) is 59.9 Å². The molecular weight excluding hydrogens is 324 g/mol. The lowest BCUT2D eigenvalue weighted by atomic mass is 10.1. The van der Waals surface area contributed by atoms with Gasteiger partial charge >= 0.3 is 0 Å². The van der Waals surface area contributed by atoms with Crippen LogP contribution >= 0.6 is 0 Å². The molecule has 0 fully saturated rings. The van der Waals surface area contributed by atoms with Gasteiger partial charge in [0.25, 0.3) is 0 Å². The molecule has 0 bridgehead atoms. The second-order valence-corrected chi connectivity index (χ2v) is 5.56. The van der Waals surface area contributed by atoms with Crippen LogP contribution in [-0.4, -0.2) is 15.0 Å². The van der Waals surface area contributed by atoms with Gasteiger partial charge in [-0.05, 0) is 54.6 Å². The van der Waals surface area contributed by atoms with Gasteiger partial charge < -0.3 is 10.1 Å². The Morgan fingerprint density at radius 2 is 1.58 bits per heavy atom. The molecule has 0 aliphatic carbocycles. The van der Waals surface area contributed by atoms with E-state index in [9.17, 15) is 0 Å². The van der Waals surface area contributed by atoms with Crippen molar-refractivity contribution < 1.29 is 4.74 Å². The van der Waals surface area contributed by atoms with E-state index < -0.39 is 0 Å². The van der Waals surface area contributed by atoms with Gasteiger partial charge in [0.1, 0.15) is 11.6 Å². The molecule has 0 atom stereocenters. The lowest BCUT2D eigenvalue weighted by Crippen LogP contribution is -1.94. The van der Waals surface area contributed by atoms with Crippen molar-refractivity contribution in [2.24, 2.45) is 0 Å². The maximum atomic E-state index is 5.99. The summed E-state index contributed by atoms with van der Waals surface area (Å²) < 4.78 is 5.99. The van der Waals surface area contributed by atoms with E-state index in [1.807, 2.05) is 66.7 Å². The van der Waals surface area contributed by atoms with E-state index in [0.29, 0.717) is 11.6 Å². The first kappa shape index (κ1) is 15.8. The molecule has 0 saturated heterocycles. The number of pyridine rings is 3. The van der Waals surface area contributed by atoms with E-state index in [-0.39, 0.29) is 0 Å². The number of hydrogen-bond acceptors (Lipinski definition) is 5. The molecule has 1 aromatic carbocycles. The number of nitrogens with zero attached hydrogens (tertiary/aromatic N) is 3. The molecule has 1 N–H and O–H groups in total. The van der Waals surface area contributed by atoms with E-state index in [2.05, 4.69) is 20.3 Å². The molecule has 0 aliphatic rings. The maximum Gasteiger partial charge on any atom is 0.227 e. The summed E-state index contributed by atoms with van der Waals surface area (Å²) in [4.78, 5) is 12.8. The van der Waals surface area contributed by atoms with Gasteiger partial charge in [0.15, 0.2) is 0 Å². The van der Waals surface area contributed by atoms with Gasteiger partial charge in [-0.2, -0.15) is 0 Å². The van der Waals surface area contributed by atoms with Crippen LogP contribution in [0.2, 0.25) is 0 Å². The molecule has 126 valence electrons. The standard InChI is InChI=1S/C21H16N4O/c1-2-13-23-20(7-1)25-17-8-10-18(11-9-17)26-21-19(6-4-14-24-21)16-5-3-12-22-15-16/h1-15H,(H,23,25). The van der Waals surface area contributed by atoms with Crippen LogP contribution in [0.3, 0.4) is 0 Å². The Balaban J connectivity index is 1.53. The normalized spacial score (nSPS) is 10.3. The van der Waals surface area contributed by atoms with E-state index in [4.69, 9.17) is 4.74 Å². The second kappa shape index (κ2) is 7.44. The minimum Gasteiger partial charge on any atom is -0.438 e. The van der Waals surface area contributed by atoms with Crippen molar-refractivity contribution >= 4 is 11.5 Å². The van der Waals surface area contributed by atoms with E-state index in [0.717, 1.165) is 22.6 Å². The number of aromatic nitrogens is 3. The third-order valence-electron chi connectivity index (χ3n) is 3.75. The van der Waals surface area contributed by atoms with Gasteiger partial charge in [-0.25, -0.2) is 9.97 Å². The van der Waals surface area contributed by atoms with Crippen molar-refractivity contribution in [1.29, 1.82) is 0 Å².